The highest BCUT2D eigenvalue weighted by Crippen LogP contribution is 2.36. The molecule has 23 heavy (non-hydrogen) atoms. The fourth-order valence-electron chi connectivity index (χ4n) is 2.45. The van der Waals surface area contributed by atoms with E-state index in [0.717, 1.165) is 0 Å². The van der Waals surface area contributed by atoms with Crippen LogP contribution in [-0.4, -0.2) is 20.2 Å². The van der Waals surface area contributed by atoms with Gasteiger partial charge in [-0.25, -0.2) is 8.42 Å². The molecule has 4 N–H and O–H groups in total. The topological polar surface area (TPSA) is 86.2 Å². The molecule has 2 atom stereocenters. The van der Waals surface area contributed by atoms with Gasteiger partial charge in [-0.05, 0) is 35.4 Å². The molecule has 0 saturated carbocycles. The normalized spacial score (nSPS) is 14.3. The second-order valence-electron chi connectivity index (χ2n) is 5.22. The van der Waals surface area contributed by atoms with Crippen molar-refractivity contribution in [1.82, 2.24) is 0 Å². The molecule has 124 valence electrons. The van der Waals surface area contributed by atoms with Crippen LogP contribution in [0.5, 0.6) is 0 Å². The quantitative estimate of drug-likeness (QED) is 0.599. The molecule has 0 aliphatic carbocycles. The van der Waals surface area contributed by atoms with E-state index in [1.807, 2.05) is 0 Å². The van der Waals surface area contributed by atoms with E-state index in [-0.39, 0.29) is 11.8 Å². The van der Waals surface area contributed by atoms with Crippen LogP contribution < -0.4 is 11.5 Å². The second kappa shape index (κ2) is 7.43. The predicted molar refractivity (Wildman–Crippen MR) is 97.6 cm³/mol. The zero-order chi connectivity index (χ0) is 17.0. The van der Waals surface area contributed by atoms with Crippen molar-refractivity contribution in [1.29, 1.82) is 0 Å². The van der Waals surface area contributed by atoms with Crippen molar-refractivity contribution >= 4 is 44.4 Å². The smallest absolute Gasteiger partial charge is 0.166 e. The minimum Gasteiger partial charge on any atom is -0.399 e. The number of alkyl halides is 2. The SMILES string of the molecule is Nc1cccc(C(CCl)S(=O)(=O)C(CCl)c2cccc(N)c2)c1. The van der Waals surface area contributed by atoms with Crippen LogP contribution in [0.1, 0.15) is 21.6 Å². The molecule has 2 unspecified atom stereocenters. The number of nitrogen functional groups attached to an aromatic ring is 2. The monoisotopic (exact) mass is 372 g/mol. The third kappa shape index (κ3) is 3.91. The number of nitrogens with two attached hydrogens (primary N) is 2. The first-order chi connectivity index (χ1) is 10.9. The Morgan fingerprint density at radius 3 is 1.52 bits per heavy atom. The summed E-state index contributed by atoms with van der Waals surface area (Å²) in [6.07, 6.45) is 0. The van der Waals surface area contributed by atoms with Gasteiger partial charge in [0.2, 0.25) is 0 Å². The van der Waals surface area contributed by atoms with Crippen LogP contribution in [0.25, 0.3) is 0 Å². The minimum absolute atomic E-state index is 0.0819. The molecule has 0 fully saturated rings. The van der Waals surface area contributed by atoms with Crippen molar-refractivity contribution in [2.24, 2.45) is 0 Å². The van der Waals surface area contributed by atoms with Gasteiger partial charge in [0, 0.05) is 23.1 Å². The Bertz CT molecular complexity index is 722. The van der Waals surface area contributed by atoms with E-state index < -0.39 is 20.3 Å². The largest absolute Gasteiger partial charge is 0.399 e. The number of benzene rings is 2. The fourth-order valence-corrected chi connectivity index (χ4v) is 5.66. The summed E-state index contributed by atoms with van der Waals surface area (Å²) >= 11 is 11.9. The van der Waals surface area contributed by atoms with Gasteiger partial charge in [0.05, 0.1) is 0 Å². The highest BCUT2D eigenvalue weighted by molar-refractivity contribution is 7.92. The Morgan fingerprint density at radius 2 is 1.22 bits per heavy atom. The Balaban J connectivity index is 2.48. The molecule has 2 aromatic rings. The van der Waals surface area contributed by atoms with Crippen molar-refractivity contribution in [3.63, 3.8) is 0 Å². The van der Waals surface area contributed by atoms with Gasteiger partial charge >= 0.3 is 0 Å². The number of sulfone groups is 1. The molecule has 0 aliphatic rings. The average molecular weight is 373 g/mol. The Kier molecular flexibility index (Phi) is 5.79. The Labute approximate surface area is 146 Å². The number of halogens is 2. The molecule has 0 spiro atoms. The molecule has 0 aromatic heterocycles. The van der Waals surface area contributed by atoms with Crippen molar-refractivity contribution in [3.8, 4) is 0 Å². The molecular formula is C16H18Cl2N2O2S. The Morgan fingerprint density at radius 1 is 0.826 bits per heavy atom. The minimum atomic E-state index is -3.68. The first-order valence-electron chi connectivity index (χ1n) is 6.95. The lowest BCUT2D eigenvalue weighted by Crippen LogP contribution is -2.23. The van der Waals surface area contributed by atoms with E-state index >= 15 is 0 Å². The molecule has 4 nitrogen and oxygen atoms in total. The molecule has 0 radical (unpaired) electrons. The molecule has 0 aliphatic heterocycles. The fraction of sp³-hybridized carbons (Fsp3) is 0.250. The van der Waals surface area contributed by atoms with Gasteiger partial charge in [-0.1, -0.05) is 24.3 Å². The van der Waals surface area contributed by atoms with Crippen molar-refractivity contribution in [3.05, 3.63) is 59.7 Å². The van der Waals surface area contributed by atoms with Crippen LogP contribution >= 0.6 is 23.2 Å². The molecule has 0 bridgehead atoms. The standard InChI is InChI=1S/C16H18Cl2N2O2S/c17-9-15(11-3-1-5-13(19)7-11)23(21,22)16(10-18)12-4-2-6-14(20)8-12/h1-8,15-16H,9-10,19-20H2. The van der Waals surface area contributed by atoms with Crippen LogP contribution in [0, 0.1) is 0 Å². The number of rotatable bonds is 6. The third-order valence-corrected chi connectivity index (χ3v) is 7.09. The lowest BCUT2D eigenvalue weighted by Gasteiger charge is -2.23. The van der Waals surface area contributed by atoms with E-state index in [4.69, 9.17) is 34.7 Å². The van der Waals surface area contributed by atoms with Gasteiger partial charge in [-0.2, -0.15) is 0 Å². The zero-order valence-electron chi connectivity index (χ0n) is 12.3. The maximum atomic E-state index is 13.1. The molecule has 0 amide bonds. The number of anilines is 2. The highest BCUT2D eigenvalue weighted by atomic mass is 35.5. The first-order valence-corrected chi connectivity index (χ1v) is 9.63. The first kappa shape index (κ1) is 17.9. The highest BCUT2D eigenvalue weighted by Gasteiger charge is 2.35. The number of hydrogen-bond acceptors (Lipinski definition) is 4. The lowest BCUT2D eigenvalue weighted by molar-refractivity contribution is 0.577. The van der Waals surface area contributed by atoms with E-state index in [0.29, 0.717) is 22.5 Å². The molecular weight excluding hydrogens is 355 g/mol. The van der Waals surface area contributed by atoms with Crippen molar-refractivity contribution in [2.45, 2.75) is 10.5 Å². The van der Waals surface area contributed by atoms with E-state index in [2.05, 4.69) is 0 Å². The second-order valence-corrected chi connectivity index (χ2v) is 8.15. The van der Waals surface area contributed by atoms with Gasteiger partial charge in [-0.3, -0.25) is 0 Å². The molecule has 2 aromatic carbocycles. The van der Waals surface area contributed by atoms with Gasteiger partial charge in [0.15, 0.2) is 9.84 Å². The van der Waals surface area contributed by atoms with Crippen LogP contribution in [0.2, 0.25) is 0 Å². The van der Waals surface area contributed by atoms with Gasteiger partial charge in [0.1, 0.15) is 10.5 Å². The molecule has 0 heterocycles. The molecule has 7 heteroatoms. The van der Waals surface area contributed by atoms with E-state index in [1.165, 1.54) is 0 Å². The van der Waals surface area contributed by atoms with Crippen molar-refractivity contribution in [2.75, 3.05) is 23.2 Å². The summed E-state index contributed by atoms with van der Waals surface area (Å²) in [6.45, 7) is 0. The van der Waals surface area contributed by atoms with Crippen LogP contribution in [0.15, 0.2) is 48.5 Å². The summed E-state index contributed by atoms with van der Waals surface area (Å²) in [5.41, 5.74) is 13.6. The summed E-state index contributed by atoms with van der Waals surface area (Å²) < 4.78 is 26.1. The van der Waals surface area contributed by atoms with Crippen molar-refractivity contribution < 1.29 is 8.42 Å². The predicted octanol–water partition coefficient (Wildman–Crippen LogP) is 3.53. The summed E-state index contributed by atoms with van der Waals surface area (Å²) in [4.78, 5) is 0. The Hall–Kier alpha value is -1.43. The summed E-state index contributed by atoms with van der Waals surface area (Å²) in [5.74, 6) is -0.164. The maximum absolute atomic E-state index is 13.1. The summed E-state index contributed by atoms with van der Waals surface area (Å²) in [6, 6.07) is 13.4. The zero-order valence-corrected chi connectivity index (χ0v) is 14.7. The summed E-state index contributed by atoms with van der Waals surface area (Å²) in [5, 5.41) is -1.78. The maximum Gasteiger partial charge on any atom is 0.166 e. The van der Waals surface area contributed by atoms with Crippen LogP contribution in [0.4, 0.5) is 11.4 Å². The average Bonchev–Trinajstić information content (AvgIpc) is 2.48. The van der Waals surface area contributed by atoms with E-state index in [9.17, 15) is 8.42 Å². The van der Waals surface area contributed by atoms with Gasteiger partial charge in [-0.15, -0.1) is 23.2 Å². The van der Waals surface area contributed by atoms with E-state index in [1.54, 1.807) is 48.5 Å². The van der Waals surface area contributed by atoms with Gasteiger partial charge < -0.3 is 11.5 Å². The lowest BCUT2D eigenvalue weighted by atomic mass is 10.1. The summed E-state index contributed by atoms with van der Waals surface area (Å²) in [7, 11) is -3.68. The molecule has 2 rings (SSSR count). The third-order valence-electron chi connectivity index (χ3n) is 3.64. The molecule has 0 saturated heterocycles. The van der Waals surface area contributed by atoms with Crippen LogP contribution in [-0.2, 0) is 9.84 Å². The van der Waals surface area contributed by atoms with Gasteiger partial charge in [0.25, 0.3) is 0 Å². The van der Waals surface area contributed by atoms with Crippen LogP contribution in [0.3, 0.4) is 0 Å². The number of hydrogen-bond donors (Lipinski definition) is 2.